The van der Waals surface area contributed by atoms with Gasteiger partial charge in [0.1, 0.15) is 5.82 Å². The van der Waals surface area contributed by atoms with Crippen LogP contribution < -0.4 is 11.5 Å². The summed E-state index contributed by atoms with van der Waals surface area (Å²) in [6.07, 6.45) is 5.00. The van der Waals surface area contributed by atoms with Crippen LogP contribution in [0.1, 0.15) is 37.3 Å². The molecule has 0 amide bonds. The average molecular weight is 180 g/mol. The van der Waals surface area contributed by atoms with E-state index in [1.807, 2.05) is 7.05 Å². The van der Waals surface area contributed by atoms with Crippen molar-refractivity contribution in [2.75, 3.05) is 11.5 Å². The van der Waals surface area contributed by atoms with Gasteiger partial charge in [-0.3, -0.25) is 4.68 Å². The molecule has 1 aliphatic rings. The fourth-order valence-electron chi connectivity index (χ4n) is 2.08. The number of anilines is 2. The molecule has 0 radical (unpaired) electrons. The molecule has 1 heterocycles. The van der Waals surface area contributed by atoms with Crippen LogP contribution >= 0.6 is 0 Å². The number of hydrogen-bond acceptors (Lipinski definition) is 3. The van der Waals surface area contributed by atoms with Crippen LogP contribution in [0.3, 0.4) is 0 Å². The molecule has 0 aliphatic heterocycles. The van der Waals surface area contributed by atoms with Gasteiger partial charge in [-0.1, -0.05) is 12.8 Å². The van der Waals surface area contributed by atoms with E-state index in [0.29, 0.717) is 17.4 Å². The van der Waals surface area contributed by atoms with E-state index < -0.39 is 0 Å². The average Bonchev–Trinajstić information content (AvgIpc) is 2.70. The molecule has 0 saturated heterocycles. The monoisotopic (exact) mass is 180 g/mol. The highest BCUT2D eigenvalue weighted by Crippen LogP contribution is 2.37. The molecule has 2 rings (SSSR count). The van der Waals surface area contributed by atoms with Gasteiger partial charge in [0, 0.05) is 13.0 Å². The molecule has 1 aliphatic carbocycles. The fraction of sp³-hybridized carbons (Fsp3) is 0.667. The zero-order chi connectivity index (χ0) is 9.42. The molecule has 0 spiro atoms. The van der Waals surface area contributed by atoms with Gasteiger partial charge in [0.15, 0.2) is 0 Å². The first-order chi connectivity index (χ1) is 6.20. The predicted octanol–water partition coefficient (Wildman–Crippen LogP) is 1.24. The Morgan fingerprint density at radius 2 is 1.92 bits per heavy atom. The topological polar surface area (TPSA) is 69.9 Å². The lowest BCUT2D eigenvalue weighted by molar-refractivity contribution is 0.661. The van der Waals surface area contributed by atoms with E-state index in [1.165, 1.54) is 25.7 Å². The third-order valence-corrected chi connectivity index (χ3v) is 2.90. The minimum absolute atomic E-state index is 0.545. The minimum Gasteiger partial charge on any atom is -0.394 e. The maximum absolute atomic E-state index is 5.87. The van der Waals surface area contributed by atoms with E-state index in [-0.39, 0.29) is 0 Å². The summed E-state index contributed by atoms with van der Waals surface area (Å²) in [6, 6.07) is 0. The standard InChI is InChI=1S/C9H16N4/c1-13-9(11)7(10)8(12-13)6-4-2-3-5-6/h6H,2-5,10-11H2,1H3. The van der Waals surface area contributed by atoms with Gasteiger partial charge in [-0.2, -0.15) is 5.10 Å². The van der Waals surface area contributed by atoms with E-state index >= 15 is 0 Å². The van der Waals surface area contributed by atoms with Crippen molar-refractivity contribution in [1.29, 1.82) is 0 Å². The molecule has 1 saturated carbocycles. The van der Waals surface area contributed by atoms with Gasteiger partial charge in [0.25, 0.3) is 0 Å². The van der Waals surface area contributed by atoms with Crippen molar-refractivity contribution in [3.63, 3.8) is 0 Å². The molecule has 13 heavy (non-hydrogen) atoms. The summed E-state index contributed by atoms with van der Waals surface area (Å²) in [4.78, 5) is 0. The zero-order valence-electron chi connectivity index (χ0n) is 7.95. The number of nitrogen functional groups attached to an aromatic ring is 2. The Balaban J connectivity index is 2.34. The Morgan fingerprint density at radius 3 is 2.38 bits per heavy atom. The summed E-state index contributed by atoms with van der Waals surface area (Å²) in [5.41, 5.74) is 13.3. The van der Waals surface area contributed by atoms with Gasteiger partial charge < -0.3 is 11.5 Å². The summed E-state index contributed by atoms with van der Waals surface area (Å²) in [5, 5.41) is 4.36. The fourth-order valence-corrected chi connectivity index (χ4v) is 2.08. The normalized spacial score (nSPS) is 18.2. The molecule has 0 aromatic carbocycles. The van der Waals surface area contributed by atoms with Gasteiger partial charge in [0.05, 0.1) is 11.4 Å². The van der Waals surface area contributed by atoms with E-state index in [1.54, 1.807) is 4.68 Å². The Bertz CT molecular complexity index is 310. The zero-order valence-corrected chi connectivity index (χ0v) is 7.95. The van der Waals surface area contributed by atoms with Crippen molar-refractivity contribution >= 4 is 11.5 Å². The van der Waals surface area contributed by atoms with E-state index in [0.717, 1.165) is 5.69 Å². The van der Waals surface area contributed by atoms with Crippen LogP contribution in [-0.4, -0.2) is 9.78 Å². The largest absolute Gasteiger partial charge is 0.394 e. The molecule has 1 aromatic heterocycles. The predicted molar refractivity (Wildman–Crippen MR) is 53.2 cm³/mol. The number of nitrogens with two attached hydrogens (primary N) is 2. The van der Waals surface area contributed by atoms with Crippen molar-refractivity contribution in [2.45, 2.75) is 31.6 Å². The van der Waals surface area contributed by atoms with Crippen molar-refractivity contribution < 1.29 is 0 Å². The van der Waals surface area contributed by atoms with Crippen LogP contribution in [0.4, 0.5) is 11.5 Å². The summed E-state index contributed by atoms with van der Waals surface area (Å²) in [6.45, 7) is 0. The first-order valence-corrected chi connectivity index (χ1v) is 4.78. The van der Waals surface area contributed by atoms with Crippen molar-refractivity contribution in [1.82, 2.24) is 9.78 Å². The molecule has 4 nitrogen and oxygen atoms in total. The quantitative estimate of drug-likeness (QED) is 0.683. The second kappa shape index (κ2) is 2.94. The van der Waals surface area contributed by atoms with Gasteiger partial charge in [0.2, 0.25) is 0 Å². The van der Waals surface area contributed by atoms with Crippen molar-refractivity contribution in [3.8, 4) is 0 Å². The highest BCUT2D eigenvalue weighted by molar-refractivity contribution is 5.63. The highest BCUT2D eigenvalue weighted by atomic mass is 15.3. The van der Waals surface area contributed by atoms with Crippen LogP contribution in [0.15, 0.2) is 0 Å². The van der Waals surface area contributed by atoms with Gasteiger partial charge in [-0.15, -0.1) is 0 Å². The van der Waals surface area contributed by atoms with Crippen molar-refractivity contribution in [2.24, 2.45) is 7.05 Å². The van der Waals surface area contributed by atoms with Crippen LogP contribution in [0.5, 0.6) is 0 Å². The molecule has 0 bridgehead atoms. The maximum Gasteiger partial charge on any atom is 0.145 e. The second-order valence-electron chi connectivity index (χ2n) is 3.79. The van der Waals surface area contributed by atoms with Crippen LogP contribution in [0.2, 0.25) is 0 Å². The molecule has 1 fully saturated rings. The number of aryl methyl sites for hydroxylation is 1. The summed E-state index contributed by atoms with van der Waals surface area (Å²) >= 11 is 0. The number of rotatable bonds is 1. The first-order valence-electron chi connectivity index (χ1n) is 4.78. The van der Waals surface area contributed by atoms with Gasteiger partial charge >= 0.3 is 0 Å². The lowest BCUT2D eigenvalue weighted by atomic mass is 10.0. The summed E-state index contributed by atoms with van der Waals surface area (Å²) < 4.78 is 1.67. The highest BCUT2D eigenvalue weighted by Gasteiger charge is 2.23. The van der Waals surface area contributed by atoms with Gasteiger partial charge in [-0.05, 0) is 12.8 Å². The Kier molecular flexibility index (Phi) is 1.90. The molecule has 0 atom stereocenters. The Morgan fingerprint density at radius 1 is 1.31 bits per heavy atom. The van der Waals surface area contributed by atoms with Crippen LogP contribution in [0, 0.1) is 0 Å². The lowest BCUT2D eigenvalue weighted by Crippen LogP contribution is -1.99. The van der Waals surface area contributed by atoms with Crippen LogP contribution in [-0.2, 0) is 7.05 Å². The molecule has 1 aromatic rings. The second-order valence-corrected chi connectivity index (χ2v) is 3.79. The summed E-state index contributed by atoms with van der Waals surface area (Å²) in [7, 11) is 1.84. The number of nitrogens with zero attached hydrogens (tertiary/aromatic N) is 2. The number of hydrogen-bond donors (Lipinski definition) is 2. The molecule has 0 unspecified atom stereocenters. The van der Waals surface area contributed by atoms with Crippen LogP contribution in [0.25, 0.3) is 0 Å². The summed E-state index contributed by atoms with van der Waals surface area (Å²) in [5.74, 6) is 1.14. The SMILES string of the molecule is Cn1nc(C2CCCC2)c(N)c1N. The maximum atomic E-state index is 5.87. The number of aromatic nitrogens is 2. The molecular weight excluding hydrogens is 164 g/mol. The van der Waals surface area contributed by atoms with E-state index in [4.69, 9.17) is 11.5 Å². The molecular formula is C9H16N4. The first kappa shape index (κ1) is 8.41. The van der Waals surface area contributed by atoms with E-state index in [9.17, 15) is 0 Å². The van der Waals surface area contributed by atoms with Gasteiger partial charge in [-0.25, -0.2) is 0 Å². The van der Waals surface area contributed by atoms with E-state index in [2.05, 4.69) is 5.10 Å². The lowest BCUT2D eigenvalue weighted by Gasteiger charge is -2.04. The third kappa shape index (κ3) is 1.26. The van der Waals surface area contributed by atoms with Crippen molar-refractivity contribution in [3.05, 3.63) is 5.69 Å². The Hall–Kier alpha value is -1.19. The molecule has 4 heteroatoms. The minimum atomic E-state index is 0.545. The molecule has 72 valence electrons. The molecule has 4 N–H and O–H groups in total. The smallest absolute Gasteiger partial charge is 0.145 e. The third-order valence-electron chi connectivity index (χ3n) is 2.90. The Labute approximate surface area is 77.9 Å².